The Labute approximate surface area is 113 Å². The molecule has 1 N–H and O–H groups in total. The van der Waals surface area contributed by atoms with Crippen molar-refractivity contribution < 1.29 is 9.90 Å². The Balaban J connectivity index is 2.94. The maximum atomic E-state index is 12.4. The van der Waals surface area contributed by atoms with E-state index in [-0.39, 0.29) is 18.6 Å². The van der Waals surface area contributed by atoms with Crippen molar-refractivity contribution in [3.05, 3.63) is 28.5 Å². The molecule has 5 heteroatoms. The number of hydrogen-bond acceptors (Lipinski definition) is 3. The summed E-state index contributed by atoms with van der Waals surface area (Å²) >= 11 is 5.86. The van der Waals surface area contributed by atoms with Gasteiger partial charge in [0.1, 0.15) is 5.15 Å². The predicted molar refractivity (Wildman–Crippen MR) is 71.9 cm³/mol. The molecule has 0 spiro atoms. The normalized spacial score (nSPS) is 10.8. The molecule has 0 bridgehead atoms. The summed E-state index contributed by atoms with van der Waals surface area (Å²) in [5.74, 6) is -0.0779. The van der Waals surface area contributed by atoms with Crippen LogP contribution in [0.2, 0.25) is 5.15 Å². The highest BCUT2D eigenvalue weighted by molar-refractivity contribution is 6.29. The third-order valence-corrected chi connectivity index (χ3v) is 2.80. The molecule has 0 aliphatic heterocycles. The number of aryl methyl sites for hydroxylation is 1. The molecule has 0 aromatic carbocycles. The lowest BCUT2D eigenvalue weighted by Gasteiger charge is -2.26. The quantitative estimate of drug-likeness (QED) is 0.835. The number of aromatic nitrogens is 1. The highest BCUT2D eigenvalue weighted by Gasteiger charge is 2.19. The Bertz CT molecular complexity index is 401. The number of halogens is 1. The SMILES string of the molecule is Cc1cc(C(=O)N(CCCO)C(C)C)cc(Cl)n1. The second-order valence-electron chi connectivity index (χ2n) is 4.49. The summed E-state index contributed by atoms with van der Waals surface area (Å²) in [5, 5.41) is 9.19. The van der Waals surface area contributed by atoms with Crippen molar-refractivity contribution in [2.75, 3.05) is 13.2 Å². The lowest BCUT2D eigenvalue weighted by Crippen LogP contribution is -2.38. The first kappa shape index (κ1) is 14.9. The van der Waals surface area contributed by atoms with Crippen molar-refractivity contribution in [2.24, 2.45) is 0 Å². The van der Waals surface area contributed by atoms with Gasteiger partial charge >= 0.3 is 0 Å². The van der Waals surface area contributed by atoms with E-state index in [4.69, 9.17) is 16.7 Å². The zero-order chi connectivity index (χ0) is 13.7. The molecule has 0 radical (unpaired) electrons. The molecule has 1 rings (SSSR count). The summed E-state index contributed by atoms with van der Waals surface area (Å²) in [6, 6.07) is 3.38. The Morgan fingerprint density at radius 3 is 2.67 bits per heavy atom. The predicted octanol–water partition coefficient (Wildman–Crippen LogP) is 2.28. The number of aliphatic hydroxyl groups excluding tert-OH is 1. The van der Waals surface area contributed by atoms with Gasteiger partial charge in [0.05, 0.1) is 0 Å². The van der Waals surface area contributed by atoms with Crippen LogP contribution in [0.1, 0.15) is 36.3 Å². The smallest absolute Gasteiger partial charge is 0.254 e. The first-order valence-corrected chi connectivity index (χ1v) is 6.39. The Kier molecular flexibility index (Phi) is 5.56. The standard InChI is InChI=1S/C13H19ClN2O2/c1-9(2)16(5-4-6-17)13(18)11-7-10(3)15-12(14)8-11/h7-9,17H,4-6H2,1-3H3. The van der Waals surface area contributed by atoms with Gasteiger partial charge in [0.15, 0.2) is 0 Å². The maximum absolute atomic E-state index is 12.4. The van der Waals surface area contributed by atoms with Crippen LogP contribution in [0.3, 0.4) is 0 Å². The molecule has 4 nitrogen and oxygen atoms in total. The number of aliphatic hydroxyl groups is 1. The Morgan fingerprint density at radius 1 is 1.50 bits per heavy atom. The van der Waals surface area contributed by atoms with E-state index in [1.807, 2.05) is 13.8 Å². The van der Waals surface area contributed by atoms with Crippen LogP contribution in [-0.2, 0) is 0 Å². The molecule has 0 unspecified atom stereocenters. The fourth-order valence-electron chi connectivity index (χ4n) is 1.75. The minimum absolute atomic E-state index is 0.0760. The van der Waals surface area contributed by atoms with Crippen LogP contribution >= 0.6 is 11.6 Å². The number of hydrogen-bond donors (Lipinski definition) is 1. The molecule has 1 aromatic rings. The molecule has 1 heterocycles. The van der Waals surface area contributed by atoms with Crippen LogP contribution in [0.5, 0.6) is 0 Å². The minimum Gasteiger partial charge on any atom is -0.396 e. The lowest BCUT2D eigenvalue weighted by molar-refractivity contribution is 0.0693. The van der Waals surface area contributed by atoms with Gasteiger partial charge in [0, 0.05) is 30.5 Å². The highest BCUT2D eigenvalue weighted by Crippen LogP contribution is 2.14. The van der Waals surface area contributed by atoms with Crippen LogP contribution in [0, 0.1) is 6.92 Å². The van der Waals surface area contributed by atoms with Crippen molar-refractivity contribution in [3.8, 4) is 0 Å². The summed E-state index contributed by atoms with van der Waals surface area (Å²) in [5.41, 5.74) is 1.26. The monoisotopic (exact) mass is 270 g/mol. The molecular weight excluding hydrogens is 252 g/mol. The van der Waals surface area contributed by atoms with Gasteiger partial charge < -0.3 is 10.0 Å². The first-order chi connectivity index (χ1) is 8.45. The van der Waals surface area contributed by atoms with E-state index < -0.39 is 0 Å². The van der Waals surface area contributed by atoms with E-state index in [1.165, 1.54) is 0 Å². The third kappa shape index (κ3) is 3.96. The van der Waals surface area contributed by atoms with Gasteiger partial charge in [-0.25, -0.2) is 4.98 Å². The largest absolute Gasteiger partial charge is 0.396 e. The summed E-state index contributed by atoms with van der Waals surface area (Å²) in [4.78, 5) is 18.1. The van der Waals surface area contributed by atoms with E-state index in [1.54, 1.807) is 24.0 Å². The van der Waals surface area contributed by atoms with E-state index in [0.29, 0.717) is 23.7 Å². The van der Waals surface area contributed by atoms with E-state index in [0.717, 1.165) is 5.69 Å². The van der Waals surface area contributed by atoms with Crippen LogP contribution in [0.4, 0.5) is 0 Å². The van der Waals surface area contributed by atoms with Gasteiger partial charge in [-0.05, 0) is 39.3 Å². The lowest BCUT2D eigenvalue weighted by atomic mass is 10.1. The molecule has 0 aliphatic rings. The van der Waals surface area contributed by atoms with Crippen molar-refractivity contribution in [2.45, 2.75) is 33.2 Å². The summed E-state index contributed by atoms with van der Waals surface area (Å²) in [7, 11) is 0. The Morgan fingerprint density at radius 2 is 2.17 bits per heavy atom. The van der Waals surface area contributed by atoms with E-state index in [9.17, 15) is 4.79 Å². The van der Waals surface area contributed by atoms with Gasteiger partial charge in [-0.3, -0.25) is 4.79 Å². The van der Waals surface area contributed by atoms with Crippen molar-refractivity contribution in [1.82, 2.24) is 9.88 Å². The average Bonchev–Trinajstić information content (AvgIpc) is 2.27. The number of rotatable bonds is 5. The molecule has 18 heavy (non-hydrogen) atoms. The number of nitrogens with zero attached hydrogens (tertiary/aromatic N) is 2. The van der Waals surface area contributed by atoms with Gasteiger partial charge in [0.25, 0.3) is 5.91 Å². The molecule has 0 atom stereocenters. The summed E-state index contributed by atoms with van der Waals surface area (Å²) < 4.78 is 0. The van der Waals surface area contributed by atoms with Crippen molar-refractivity contribution in [1.29, 1.82) is 0 Å². The maximum Gasteiger partial charge on any atom is 0.254 e. The summed E-state index contributed by atoms with van der Waals surface area (Å²) in [6.45, 7) is 6.31. The fourth-order valence-corrected chi connectivity index (χ4v) is 2.00. The van der Waals surface area contributed by atoms with Crippen molar-refractivity contribution in [3.63, 3.8) is 0 Å². The average molecular weight is 271 g/mol. The molecule has 100 valence electrons. The third-order valence-electron chi connectivity index (χ3n) is 2.61. The zero-order valence-corrected chi connectivity index (χ0v) is 11.7. The van der Waals surface area contributed by atoms with Crippen LogP contribution in [-0.4, -0.2) is 40.1 Å². The molecule has 1 amide bonds. The van der Waals surface area contributed by atoms with Gasteiger partial charge in [-0.1, -0.05) is 11.6 Å². The molecule has 0 aliphatic carbocycles. The Hall–Kier alpha value is -1.13. The van der Waals surface area contributed by atoms with E-state index in [2.05, 4.69) is 4.98 Å². The van der Waals surface area contributed by atoms with Crippen molar-refractivity contribution >= 4 is 17.5 Å². The zero-order valence-electron chi connectivity index (χ0n) is 11.0. The number of pyridine rings is 1. The molecular formula is C13H19ClN2O2. The van der Waals surface area contributed by atoms with Crippen LogP contribution in [0.15, 0.2) is 12.1 Å². The van der Waals surface area contributed by atoms with Gasteiger partial charge in [-0.15, -0.1) is 0 Å². The summed E-state index contributed by atoms with van der Waals surface area (Å²) in [6.07, 6.45) is 0.571. The minimum atomic E-state index is -0.0779. The number of amides is 1. The van der Waals surface area contributed by atoms with Gasteiger partial charge in [-0.2, -0.15) is 0 Å². The van der Waals surface area contributed by atoms with Crippen LogP contribution in [0.25, 0.3) is 0 Å². The van der Waals surface area contributed by atoms with Crippen LogP contribution < -0.4 is 0 Å². The van der Waals surface area contributed by atoms with Gasteiger partial charge in [0.2, 0.25) is 0 Å². The second-order valence-corrected chi connectivity index (χ2v) is 4.88. The number of carbonyl (C=O) groups excluding carboxylic acids is 1. The molecule has 0 saturated heterocycles. The van der Waals surface area contributed by atoms with E-state index >= 15 is 0 Å². The molecule has 1 aromatic heterocycles. The highest BCUT2D eigenvalue weighted by atomic mass is 35.5. The second kappa shape index (κ2) is 6.71. The first-order valence-electron chi connectivity index (χ1n) is 6.01. The molecule has 0 fully saturated rings. The topological polar surface area (TPSA) is 53.4 Å². The molecule has 0 saturated carbocycles. The fraction of sp³-hybridized carbons (Fsp3) is 0.538. The number of carbonyl (C=O) groups is 1.